The van der Waals surface area contributed by atoms with Gasteiger partial charge in [-0.1, -0.05) is 19.1 Å². The van der Waals surface area contributed by atoms with Crippen molar-refractivity contribution in [2.24, 2.45) is 0 Å². The summed E-state index contributed by atoms with van der Waals surface area (Å²) in [6.45, 7) is 1.77. The zero-order valence-electron chi connectivity index (χ0n) is 10.3. The smallest absolute Gasteiger partial charge is 0.310 e. The number of methoxy groups -OCH3 is 1. The van der Waals surface area contributed by atoms with Crippen LogP contribution in [0.25, 0.3) is 10.8 Å². The van der Waals surface area contributed by atoms with Crippen molar-refractivity contribution in [3.63, 3.8) is 0 Å². The van der Waals surface area contributed by atoms with Gasteiger partial charge in [-0.3, -0.25) is 4.79 Å². The summed E-state index contributed by atoms with van der Waals surface area (Å²) in [6.07, 6.45) is 0.376. The molecule has 18 heavy (non-hydrogen) atoms. The van der Waals surface area contributed by atoms with E-state index in [1.807, 2.05) is 30.3 Å². The molecule has 2 rings (SSSR count). The third-order valence-electron chi connectivity index (χ3n) is 2.54. The van der Waals surface area contributed by atoms with E-state index in [0.29, 0.717) is 12.2 Å². The summed E-state index contributed by atoms with van der Waals surface area (Å²) in [4.78, 5) is 11.2. The lowest BCUT2D eigenvalue weighted by molar-refractivity contribution is -0.134. The van der Waals surface area contributed by atoms with Gasteiger partial charge in [0.1, 0.15) is 11.5 Å². The van der Waals surface area contributed by atoms with Gasteiger partial charge in [-0.15, -0.1) is 12.4 Å². The first-order valence-electron chi connectivity index (χ1n) is 5.51. The first kappa shape index (κ1) is 14.3. The standard InChI is InChI=1S/C14H14O3.ClH/c1-3-14(15)17-13-7-5-10-8-12(16-2)6-4-11(10)9-13;/h4-9H,3H2,1-2H3;1H. The molecular formula is C14H15ClO3. The van der Waals surface area contributed by atoms with Gasteiger partial charge >= 0.3 is 5.97 Å². The Kier molecular flexibility index (Phi) is 4.98. The van der Waals surface area contributed by atoms with Crippen molar-refractivity contribution >= 4 is 29.1 Å². The molecule has 96 valence electrons. The molecule has 0 spiro atoms. The van der Waals surface area contributed by atoms with Gasteiger partial charge in [-0.25, -0.2) is 0 Å². The van der Waals surface area contributed by atoms with Crippen molar-refractivity contribution in [3.05, 3.63) is 36.4 Å². The molecule has 3 nitrogen and oxygen atoms in total. The number of fused-ring (bicyclic) bond motifs is 1. The number of carbonyl (C=O) groups is 1. The number of benzene rings is 2. The first-order valence-corrected chi connectivity index (χ1v) is 5.51. The quantitative estimate of drug-likeness (QED) is 0.629. The van der Waals surface area contributed by atoms with Gasteiger partial charge in [-0.2, -0.15) is 0 Å². The fourth-order valence-electron chi connectivity index (χ4n) is 1.60. The van der Waals surface area contributed by atoms with Gasteiger partial charge in [-0.05, 0) is 35.0 Å². The summed E-state index contributed by atoms with van der Waals surface area (Å²) < 4.78 is 10.3. The van der Waals surface area contributed by atoms with E-state index < -0.39 is 0 Å². The van der Waals surface area contributed by atoms with Gasteiger partial charge < -0.3 is 9.47 Å². The fraction of sp³-hybridized carbons (Fsp3) is 0.214. The van der Waals surface area contributed by atoms with Crippen LogP contribution in [0.1, 0.15) is 13.3 Å². The topological polar surface area (TPSA) is 35.5 Å². The van der Waals surface area contributed by atoms with Crippen LogP contribution in [0.4, 0.5) is 0 Å². The number of ether oxygens (including phenoxy) is 2. The normalized spacial score (nSPS) is 9.67. The molecule has 2 aromatic rings. The number of hydrogen-bond acceptors (Lipinski definition) is 3. The number of carbonyl (C=O) groups excluding carboxylic acids is 1. The molecule has 0 unspecified atom stereocenters. The van der Waals surface area contributed by atoms with E-state index >= 15 is 0 Å². The maximum Gasteiger partial charge on any atom is 0.310 e. The maximum absolute atomic E-state index is 11.2. The van der Waals surface area contributed by atoms with Crippen LogP contribution in [0.5, 0.6) is 11.5 Å². The minimum Gasteiger partial charge on any atom is -0.497 e. The van der Waals surface area contributed by atoms with Crippen molar-refractivity contribution in [2.75, 3.05) is 7.11 Å². The van der Waals surface area contributed by atoms with E-state index in [1.165, 1.54) is 0 Å². The Balaban J connectivity index is 0.00000162. The third-order valence-corrected chi connectivity index (χ3v) is 2.54. The van der Waals surface area contributed by atoms with E-state index in [9.17, 15) is 4.79 Å². The largest absolute Gasteiger partial charge is 0.497 e. The molecule has 0 N–H and O–H groups in total. The summed E-state index contributed by atoms with van der Waals surface area (Å²) >= 11 is 0. The summed E-state index contributed by atoms with van der Waals surface area (Å²) in [5.41, 5.74) is 0. The monoisotopic (exact) mass is 266 g/mol. The second-order valence-corrected chi connectivity index (χ2v) is 3.70. The highest BCUT2D eigenvalue weighted by Gasteiger charge is 2.03. The van der Waals surface area contributed by atoms with E-state index in [4.69, 9.17) is 9.47 Å². The van der Waals surface area contributed by atoms with E-state index in [0.717, 1.165) is 16.5 Å². The van der Waals surface area contributed by atoms with E-state index in [2.05, 4.69) is 0 Å². The Hall–Kier alpha value is -1.74. The van der Waals surface area contributed by atoms with Crippen LogP contribution in [-0.2, 0) is 4.79 Å². The SMILES string of the molecule is CCC(=O)Oc1ccc2cc(OC)ccc2c1.Cl. The van der Waals surface area contributed by atoms with Crippen molar-refractivity contribution in [1.82, 2.24) is 0 Å². The zero-order valence-corrected chi connectivity index (χ0v) is 11.1. The highest BCUT2D eigenvalue weighted by molar-refractivity contribution is 5.86. The number of hydrogen-bond donors (Lipinski definition) is 0. The number of rotatable bonds is 3. The minimum atomic E-state index is -0.224. The Morgan fingerprint density at radius 2 is 1.61 bits per heavy atom. The number of esters is 1. The van der Waals surface area contributed by atoms with Crippen LogP contribution in [0.3, 0.4) is 0 Å². The highest BCUT2D eigenvalue weighted by atomic mass is 35.5. The van der Waals surface area contributed by atoms with Gasteiger partial charge in [0.15, 0.2) is 0 Å². The van der Waals surface area contributed by atoms with Crippen LogP contribution in [-0.4, -0.2) is 13.1 Å². The average Bonchev–Trinajstić information content (AvgIpc) is 2.38. The van der Waals surface area contributed by atoms with Crippen molar-refractivity contribution in [1.29, 1.82) is 0 Å². The summed E-state index contributed by atoms with van der Waals surface area (Å²) in [5, 5.41) is 2.08. The Morgan fingerprint density at radius 3 is 2.17 bits per heavy atom. The van der Waals surface area contributed by atoms with Crippen LogP contribution in [0.2, 0.25) is 0 Å². The molecule has 0 fully saturated rings. The van der Waals surface area contributed by atoms with Crippen LogP contribution in [0, 0.1) is 0 Å². The van der Waals surface area contributed by atoms with Crippen molar-refractivity contribution in [2.45, 2.75) is 13.3 Å². The van der Waals surface area contributed by atoms with Gasteiger partial charge in [0.05, 0.1) is 7.11 Å². The van der Waals surface area contributed by atoms with Crippen molar-refractivity contribution < 1.29 is 14.3 Å². The molecule has 4 heteroatoms. The lowest BCUT2D eigenvalue weighted by Gasteiger charge is -2.05. The zero-order chi connectivity index (χ0) is 12.3. The van der Waals surface area contributed by atoms with Crippen LogP contribution < -0.4 is 9.47 Å². The van der Waals surface area contributed by atoms with Crippen molar-refractivity contribution in [3.8, 4) is 11.5 Å². The summed E-state index contributed by atoms with van der Waals surface area (Å²) in [7, 11) is 1.64. The molecule has 0 aliphatic heterocycles. The Morgan fingerprint density at radius 1 is 1.06 bits per heavy atom. The second-order valence-electron chi connectivity index (χ2n) is 3.70. The molecule has 2 aromatic carbocycles. The van der Waals surface area contributed by atoms with E-state index in [1.54, 1.807) is 20.1 Å². The fourth-order valence-corrected chi connectivity index (χ4v) is 1.60. The van der Waals surface area contributed by atoms with Gasteiger partial charge in [0.2, 0.25) is 0 Å². The molecule has 0 heterocycles. The van der Waals surface area contributed by atoms with E-state index in [-0.39, 0.29) is 18.4 Å². The average molecular weight is 267 g/mol. The predicted molar refractivity (Wildman–Crippen MR) is 73.7 cm³/mol. The molecule has 0 saturated carbocycles. The Bertz CT molecular complexity index is 552. The third kappa shape index (κ3) is 3.14. The predicted octanol–water partition coefficient (Wildman–Crippen LogP) is 3.59. The van der Waals surface area contributed by atoms with Gasteiger partial charge in [0, 0.05) is 6.42 Å². The molecule has 0 atom stereocenters. The molecule has 0 amide bonds. The highest BCUT2D eigenvalue weighted by Crippen LogP contribution is 2.24. The minimum absolute atomic E-state index is 0. The summed E-state index contributed by atoms with van der Waals surface area (Å²) in [6, 6.07) is 11.3. The molecule has 0 bridgehead atoms. The van der Waals surface area contributed by atoms with Crippen LogP contribution in [0.15, 0.2) is 36.4 Å². The molecular weight excluding hydrogens is 252 g/mol. The molecule has 0 saturated heterocycles. The maximum atomic E-state index is 11.2. The number of halogens is 1. The first-order chi connectivity index (χ1) is 8.22. The Labute approximate surface area is 112 Å². The lowest BCUT2D eigenvalue weighted by atomic mass is 10.1. The molecule has 0 aromatic heterocycles. The summed E-state index contributed by atoms with van der Waals surface area (Å²) in [5.74, 6) is 1.17. The lowest BCUT2D eigenvalue weighted by Crippen LogP contribution is -2.05. The van der Waals surface area contributed by atoms with Crippen LogP contribution >= 0.6 is 12.4 Å². The molecule has 0 radical (unpaired) electrons. The second kappa shape index (κ2) is 6.26. The molecule has 0 aliphatic carbocycles. The molecule has 0 aliphatic rings. The van der Waals surface area contributed by atoms with Gasteiger partial charge in [0.25, 0.3) is 0 Å².